The van der Waals surface area contributed by atoms with Crippen molar-refractivity contribution in [1.82, 2.24) is 4.98 Å². The predicted molar refractivity (Wildman–Crippen MR) is 124 cm³/mol. The zero-order chi connectivity index (χ0) is 24.3. The van der Waals surface area contributed by atoms with E-state index < -0.39 is 11.7 Å². The van der Waals surface area contributed by atoms with Gasteiger partial charge in [-0.25, -0.2) is 0 Å². The van der Waals surface area contributed by atoms with E-state index in [9.17, 15) is 18.0 Å². The molecule has 7 heteroatoms. The maximum atomic E-state index is 13.5. The van der Waals surface area contributed by atoms with Gasteiger partial charge in [-0.05, 0) is 59.5 Å². The molecular weight excluding hydrogens is 443 g/mol. The van der Waals surface area contributed by atoms with E-state index in [1.165, 1.54) is 12.3 Å². The number of para-hydroxylation sites is 1. The minimum absolute atomic E-state index is 0.0780. The minimum Gasteiger partial charge on any atom is -0.489 e. The fraction of sp³-hybridized carbons (Fsp3) is 0.185. The van der Waals surface area contributed by atoms with Crippen molar-refractivity contribution in [2.24, 2.45) is 0 Å². The number of hydrogen-bond acceptors (Lipinski definition) is 4. The number of aryl methyl sites for hydroxylation is 1. The van der Waals surface area contributed by atoms with E-state index in [0.717, 1.165) is 22.8 Å². The zero-order valence-corrected chi connectivity index (χ0v) is 18.6. The van der Waals surface area contributed by atoms with Gasteiger partial charge in [-0.2, -0.15) is 13.2 Å². The van der Waals surface area contributed by atoms with Crippen LogP contribution >= 0.6 is 0 Å². The molecule has 0 atom stereocenters. The highest BCUT2D eigenvalue weighted by Crippen LogP contribution is 2.38. The third kappa shape index (κ3) is 5.03. The van der Waals surface area contributed by atoms with Crippen molar-refractivity contribution >= 4 is 16.9 Å². The highest BCUT2D eigenvalue weighted by atomic mass is 19.4. The number of carbonyl (C=O) groups excluding carboxylic acids is 1. The van der Waals surface area contributed by atoms with Crippen molar-refractivity contribution in [3.05, 3.63) is 89.6 Å². The maximum absolute atomic E-state index is 13.5. The minimum atomic E-state index is -4.49. The van der Waals surface area contributed by atoms with Crippen molar-refractivity contribution in [2.75, 3.05) is 0 Å². The number of pyridine rings is 1. The third-order valence-corrected chi connectivity index (χ3v) is 5.36. The smallest absolute Gasteiger partial charge is 0.418 e. The van der Waals surface area contributed by atoms with Gasteiger partial charge in [0.2, 0.25) is 0 Å². The van der Waals surface area contributed by atoms with E-state index in [1.807, 2.05) is 13.0 Å². The molecule has 4 nitrogen and oxygen atoms in total. The summed E-state index contributed by atoms with van der Waals surface area (Å²) in [5.41, 5.74) is 2.23. The Labute approximate surface area is 195 Å². The lowest BCUT2D eigenvalue weighted by Gasteiger charge is -2.15. The van der Waals surface area contributed by atoms with Crippen LogP contribution in [-0.2, 0) is 17.6 Å². The molecule has 0 aliphatic rings. The number of halogens is 3. The zero-order valence-electron chi connectivity index (χ0n) is 18.6. The SMILES string of the molecule is CCC(=O)Oc1ccc(COc2cccc(-c3c(C)cnc4c(C(F)(F)F)cccc34)c2)cc1. The number of ether oxygens (including phenoxy) is 2. The molecular formula is C27H22F3NO3. The number of aromatic nitrogens is 1. The molecule has 0 spiro atoms. The third-order valence-electron chi connectivity index (χ3n) is 5.36. The molecule has 1 aromatic heterocycles. The van der Waals surface area contributed by atoms with Crippen LogP contribution in [0.2, 0.25) is 0 Å². The molecule has 0 aliphatic heterocycles. The van der Waals surface area contributed by atoms with Crippen molar-refractivity contribution in [3.63, 3.8) is 0 Å². The van der Waals surface area contributed by atoms with Gasteiger partial charge in [0, 0.05) is 18.0 Å². The van der Waals surface area contributed by atoms with Gasteiger partial charge in [0.25, 0.3) is 0 Å². The fourth-order valence-electron chi connectivity index (χ4n) is 3.70. The van der Waals surface area contributed by atoms with E-state index in [-0.39, 0.29) is 18.1 Å². The summed E-state index contributed by atoms with van der Waals surface area (Å²) in [7, 11) is 0. The molecule has 4 rings (SSSR count). The topological polar surface area (TPSA) is 48.4 Å². The summed E-state index contributed by atoms with van der Waals surface area (Å²) < 4.78 is 51.6. The van der Waals surface area contributed by atoms with Crippen LogP contribution in [0.15, 0.2) is 72.9 Å². The van der Waals surface area contributed by atoms with Gasteiger partial charge in [-0.3, -0.25) is 9.78 Å². The van der Waals surface area contributed by atoms with E-state index >= 15 is 0 Å². The predicted octanol–water partition coefficient (Wildman–Crippen LogP) is 7.12. The molecule has 0 aliphatic carbocycles. The number of alkyl halides is 3. The van der Waals surface area contributed by atoms with Crippen LogP contribution in [0, 0.1) is 6.92 Å². The molecule has 1 heterocycles. The Kier molecular flexibility index (Phi) is 6.54. The van der Waals surface area contributed by atoms with Crippen LogP contribution < -0.4 is 9.47 Å². The Morgan fingerprint density at radius 2 is 1.71 bits per heavy atom. The van der Waals surface area contributed by atoms with Gasteiger partial charge in [-0.15, -0.1) is 0 Å². The maximum Gasteiger partial charge on any atom is 0.418 e. The summed E-state index contributed by atoms with van der Waals surface area (Å²) in [6, 6.07) is 18.4. The summed E-state index contributed by atoms with van der Waals surface area (Å²) in [5.74, 6) is 0.744. The van der Waals surface area contributed by atoms with Gasteiger partial charge < -0.3 is 9.47 Å². The molecule has 0 amide bonds. The first-order valence-electron chi connectivity index (χ1n) is 10.7. The molecule has 0 radical (unpaired) electrons. The van der Waals surface area contributed by atoms with Gasteiger partial charge in [0.05, 0.1) is 11.1 Å². The Morgan fingerprint density at radius 1 is 0.971 bits per heavy atom. The molecule has 0 saturated heterocycles. The second kappa shape index (κ2) is 9.55. The highest BCUT2D eigenvalue weighted by Gasteiger charge is 2.33. The first-order valence-corrected chi connectivity index (χ1v) is 10.7. The van der Waals surface area contributed by atoms with E-state index in [1.54, 1.807) is 55.5 Å². The average Bonchev–Trinajstić information content (AvgIpc) is 2.82. The largest absolute Gasteiger partial charge is 0.489 e. The molecule has 3 aromatic carbocycles. The fourth-order valence-corrected chi connectivity index (χ4v) is 3.70. The van der Waals surface area contributed by atoms with Crippen LogP contribution in [0.1, 0.15) is 30.0 Å². The van der Waals surface area contributed by atoms with Crippen molar-refractivity contribution < 1.29 is 27.4 Å². The van der Waals surface area contributed by atoms with Crippen molar-refractivity contribution in [1.29, 1.82) is 0 Å². The lowest BCUT2D eigenvalue weighted by molar-refractivity contribution is -0.136. The van der Waals surface area contributed by atoms with E-state index in [4.69, 9.17) is 9.47 Å². The molecule has 0 unspecified atom stereocenters. The van der Waals surface area contributed by atoms with Crippen LogP contribution in [0.4, 0.5) is 13.2 Å². The first-order chi connectivity index (χ1) is 16.3. The normalized spacial score (nSPS) is 11.4. The van der Waals surface area contributed by atoms with E-state index in [0.29, 0.717) is 28.9 Å². The molecule has 0 N–H and O–H groups in total. The summed E-state index contributed by atoms with van der Waals surface area (Å²) in [6.07, 6.45) is -2.73. The lowest BCUT2D eigenvalue weighted by Crippen LogP contribution is -2.07. The van der Waals surface area contributed by atoms with Gasteiger partial charge >= 0.3 is 12.1 Å². The Bertz CT molecular complexity index is 1330. The van der Waals surface area contributed by atoms with Crippen LogP contribution in [0.5, 0.6) is 11.5 Å². The Balaban J connectivity index is 1.60. The molecule has 4 aromatic rings. The number of esters is 1. The second-order valence-electron chi connectivity index (χ2n) is 7.80. The molecule has 0 bridgehead atoms. The Hall–Kier alpha value is -3.87. The standard InChI is InChI=1S/C27H22F3NO3/c1-3-24(32)34-20-12-10-18(11-13-20)16-33-21-7-4-6-19(14-21)25-17(2)15-31-26-22(25)8-5-9-23(26)27(28,29)30/h4-15H,3,16H2,1-2H3. The van der Waals surface area contributed by atoms with Crippen LogP contribution in [-0.4, -0.2) is 11.0 Å². The number of fused-ring (bicyclic) bond motifs is 1. The number of carbonyl (C=O) groups is 1. The number of rotatable bonds is 6. The number of nitrogens with zero attached hydrogens (tertiary/aromatic N) is 1. The highest BCUT2D eigenvalue weighted by molar-refractivity contribution is 5.97. The Morgan fingerprint density at radius 3 is 2.41 bits per heavy atom. The number of hydrogen-bond donors (Lipinski definition) is 0. The molecule has 34 heavy (non-hydrogen) atoms. The average molecular weight is 465 g/mol. The number of benzene rings is 3. The van der Waals surface area contributed by atoms with Crippen LogP contribution in [0.3, 0.4) is 0 Å². The quantitative estimate of drug-likeness (QED) is 0.225. The lowest BCUT2D eigenvalue weighted by atomic mass is 9.95. The summed E-state index contributed by atoms with van der Waals surface area (Å²) >= 11 is 0. The van der Waals surface area contributed by atoms with Crippen molar-refractivity contribution in [3.8, 4) is 22.6 Å². The van der Waals surface area contributed by atoms with Crippen molar-refractivity contribution in [2.45, 2.75) is 33.1 Å². The first kappa shape index (κ1) is 23.3. The van der Waals surface area contributed by atoms with E-state index in [2.05, 4.69) is 4.98 Å². The van der Waals surface area contributed by atoms with Gasteiger partial charge in [-0.1, -0.05) is 43.3 Å². The van der Waals surface area contributed by atoms with Gasteiger partial charge in [0.1, 0.15) is 18.1 Å². The van der Waals surface area contributed by atoms with Crippen LogP contribution in [0.25, 0.3) is 22.0 Å². The monoisotopic (exact) mass is 465 g/mol. The molecule has 0 fully saturated rings. The molecule has 0 saturated carbocycles. The summed E-state index contributed by atoms with van der Waals surface area (Å²) in [6.45, 7) is 3.83. The second-order valence-corrected chi connectivity index (χ2v) is 7.80. The van der Waals surface area contributed by atoms with Gasteiger partial charge in [0.15, 0.2) is 0 Å². The summed E-state index contributed by atoms with van der Waals surface area (Å²) in [5, 5.41) is 0.434. The molecule has 174 valence electrons. The summed E-state index contributed by atoms with van der Waals surface area (Å²) in [4.78, 5) is 15.5.